The summed E-state index contributed by atoms with van der Waals surface area (Å²) in [7, 11) is 0. The highest BCUT2D eigenvalue weighted by molar-refractivity contribution is 5.78. The molecule has 1 aliphatic rings. The smallest absolute Gasteiger partial charge is 0.228 e. The summed E-state index contributed by atoms with van der Waals surface area (Å²) in [5.74, 6) is 0.0804. The van der Waals surface area contributed by atoms with Gasteiger partial charge in [0.05, 0.1) is 19.3 Å². The highest BCUT2D eigenvalue weighted by atomic mass is 16.3. The number of amides is 1. The van der Waals surface area contributed by atoms with Crippen molar-refractivity contribution in [1.29, 1.82) is 0 Å². The monoisotopic (exact) mass is 490 g/mol. The Bertz CT molecular complexity index is 1330. The SMILES string of the molecule is [C-]#[N+]c1ccc(Cn2cncc2CC(=O)N2CCC(C(O)(c3ccccc3)c3ccccc3)CC2)cc1. The Kier molecular flexibility index (Phi) is 7.16. The first-order valence-corrected chi connectivity index (χ1v) is 12.6. The van der Waals surface area contributed by atoms with Gasteiger partial charge in [-0.25, -0.2) is 9.83 Å². The highest BCUT2D eigenvalue weighted by Crippen LogP contribution is 2.42. The van der Waals surface area contributed by atoms with Crippen LogP contribution < -0.4 is 0 Å². The zero-order valence-electron chi connectivity index (χ0n) is 20.7. The number of benzene rings is 3. The Morgan fingerprint density at radius 3 is 2.11 bits per heavy atom. The minimum absolute atomic E-state index is 0.00491. The summed E-state index contributed by atoms with van der Waals surface area (Å²) in [6, 6.07) is 27.2. The molecule has 0 spiro atoms. The maximum Gasteiger partial charge on any atom is 0.228 e. The van der Waals surface area contributed by atoms with E-state index in [9.17, 15) is 9.90 Å². The van der Waals surface area contributed by atoms with Gasteiger partial charge in [0.1, 0.15) is 5.60 Å². The molecule has 1 aliphatic heterocycles. The quantitative estimate of drug-likeness (QED) is 0.362. The molecule has 2 heterocycles. The first-order valence-electron chi connectivity index (χ1n) is 12.6. The number of aromatic nitrogens is 2. The number of carbonyl (C=O) groups is 1. The average molecular weight is 491 g/mol. The summed E-state index contributed by atoms with van der Waals surface area (Å²) in [6.07, 6.45) is 5.23. The first-order chi connectivity index (χ1) is 18.1. The maximum atomic E-state index is 13.2. The van der Waals surface area contributed by atoms with E-state index >= 15 is 0 Å². The minimum atomic E-state index is -1.10. The van der Waals surface area contributed by atoms with Gasteiger partial charge in [0.2, 0.25) is 5.91 Å². The van der Waals surface area contributed by atoms with E-state index in [4.69, 9.17) is 6.57 Å². The molecule has 1 fully saturated rings. The number of hydrogen-bond acceptors (Lipinski definition) is 3. The molecular weight excluding hydrogens is 460 g/mol. The molecule has 1 saturated heterocycles. The van der Waals surface area contributed by atoms with Crippen molar-refractivity contribution >= 4 is 11.6 Å². The highest BCUT2D eigenvalue weighted by Gasteiger charge is 2.42. The first kappa shape index (κ1) is 24.5. The average Bonchev–Trinajstić information content (AvgIpc) is 3.40. The molecule has 0 unspecified atom stereocenters. The summed E-state index contributed by atoms with van der Waals surface area (Å²) in [4.78, 5) is 22.9. The summed E-state index contributed by atoms with van der Waals surface area (Å²) in [5, 5.41) is 12.1. The number of rotatable bonds is 7. The zero-order chi connectivity index (χ0) is 25.7. The van der Waals surface area contributed by atoms with E-state index in [-0.39, 0.29) is 18.2 Å². The van der Waals surface area contributed by atoms with E-state index in [1.807, 2.05) is 82.3 Å². The lowest BCUT2D eigenvalue weighted by molar-refractivity contribution is -0.133. The summed E-state index contributed by atoms with van der Waals surface area (Å²) in [6.45, 7) is 8.93. The van der Waals surface area contributed by atoms with Crippen LogP contribution in [0.5, 0.6) is 0 Å². The second kappa shape index (κ2) is 10.8. The van der Waals surface area contributed by atoms with Gasteiger partial charge in [-0.05, 0) is 35.4 Å². The topological polar surface area (TPSA) is 62.7 Å². The van der Waals surface area contributed by atoms with Crippen molar-refractivity contribution in [3.8, 4) is 0 Å². The normalized spacial score (nSPS) is 14.3. The van der Waals surface area contributed by atoms with E-state index in [0.717, 1.165) is 35.2 Å². The van der Waals surface area contributed by atoms with Crippen molar-refractivity contribution in [2.45, 2.75) is 31.4 Å². The molecule has 6 nitrogen and oxygen atoms in total. The predicted molar refractivity (Wildman–Crippen MR) is 143 cm³/mol. The maximum absolute atomic E-state index is 13.2. The van der Waals surface area contributed by atoms with Crippen LogP contribution in [0.25, 0.3) is 4.85 Å². The molecular formula is C31H30N4O2. The Morgan fingerprint density at radius 2 is 1.54 bits per heavy atom. The number of hydrogen-bond donors (Lipinski definition) is 1. The molecule has 37 heavy (non-hydrogen) atoms. The molecule has 1 N–H and O–H groups in total. The van der Waals surface area contributed by atoms with Crippen molar-refractivity contribution in [3.05, 3.63) is 131 Å². The molecule has 0 aliphatic carbocycles. The standard InChI is InChI=1S/C31H30N4O2/c1-32-28-14-12-24(13-15-28)22-35-23-33-21-29(35)20-30(36)34-18-16-27(17-19-34)31(37,25-8-4-2-5-9-25)26-10-6-3-7-11-26/h2-15,21,23,27,37H,16-20,22H2. The van der Waals surface area contributed by atoms with E-state index in [1.54, 1.807) is 24.7 Å². The minimum Gasteiger partial charge on any atom is -0.380 e. The van der Waals surface area contributed by atoms with Gasteiger partial charge in [-0.15, -0.1) is 0 Å². The fraction of sp³-hybridized carbons (Fsp3) is 0.258. The fourth-order valence-corrected chi connectivity index (χ4v) is 5.35. The molecule has 6 heteroatoms. The molecule has 186 valence electrons. The number of nitrogens with zero attached hydrogens (tertiary/aromatic N) is 4. The van der Waals surface area contributed by atoms with Crippen molar-refractivity contribution < 1.29 is 9.90 Å². The number of likely N-dealkylation sites (tertiary alicyclic amines) is 1. The second-order valence-electron chi connectivity index (χ2n) is 9.62. The van der Waals surface area contributed by atoms with Crippen molar-refractivity contribution in [3.63, 3.8) is 0 Å². The molecule has 3 aromatic carbocycles. The third-order valence-electron chi connectivity index (χ3n) is 7.42. The van der Waals surface area contributed by atoms with Gasteiger partial charge in [0.25, 0.3) is 0 Å². The van der Waals surface area contributed by atoms with Crippen LogP contribution in [0.2, 0.25) is 0 Å². The Morgan fingerprint density at radius 1 is 0.946 bits per heavy atom. The molecule has 0 atom stereocenters. The van der Waals surface area contributed by atoms with Crippen LogP contribution in [0, 0.1) is 12.5 Å². The number of aliphatic hydroxyl groups is 1. The van der Waals surface area contributed by atoms with Crippen molar-refractivity contribution in [2.24, 2.45) is 5.92 Å². The van der Waals surface area contributed by atoms with Crippen molar-refractivity contribution in [2.75, 3.05) is 13.1 Å². The fourth-order valence-electron chi connectivity index (χ4n) is 5.35. The van der Waals surface area contributed by atoms with Gasteiger partial charge in [0, 0.05) is 31.5 Å². The van der Waals surface area contributed by atoms with Crippen LogP contribution >= 0.6 is 0 Å². The van der Waals surface area contributed by atoms with Crippen LogP contribution in [-0.4, -0.2) is 38.6 Å². The Hall–Kier alpha value is -4.21. The number of piperidine rings is 1. The predicted octanol–water partition coefficient (Wildman–Crippen LogP) is 5.20. The van der Waals surface area contributed by atoms with E-state index < -0.39 is 5.60 Å². The van der Waals surface area contributed by atoms with Gasteiger partial charge < -0.3 is 14.6 Å². The lowest BCUT2D eigenvalue weighted by Gasteiger charge is -2.42. The molecule has 1 aromatic heterocycles. The molecule has 0 saturated carbocycles. The van der Waals surface area contributed by atoms with E-state index in [2.05, 4.69) is 9.83 Å². The van der Waals surface area contributed by atoms with Gasteiger partial charge in [0.15, 0.2) is 5.69 Å². The third kappa shape index (κ3) is 5.18. The third-order valence-corrected chi connectivity index (χ3v) is 7.42. The zero-order valence-corrected chi connectivity index (χ0v) is 20.7. The van der Waals surface area contributed by atoms with Crippen LogP contribution in [0.3, 0.4) is 0 Å². The second-order valence-corrected chi connectivity index (χ2v) is 9.62. The van der Waals surface area contributed by atoms with Crippen LogP contribution in [-0.2, 0) is 23.4 Å². The Balaban J connectivity index is 1.26. The van der Waals surface area contributed by atoms with Crippen molar-refractivity contribution in [1.82, 2.24) is 14.5 Å². The van der Waals surface area contributed by atoms with E-state index in [0.29, 0.717) is 25.3 Å². The van der Waals surface area contributed by atoms with Crippen LogP contribution in [0.15, 0.2) is 97.5 Å². The molecule has 0 bridgehead atoms. The van der Waals surface area contributed by atoms with Gasteiger partial charge in [-0.1, -0.05) is 84.9 Å². The number of imidazole rings is 1. The lowest BCUT2D eigenvalue weighted by atomic mass is 9.72. The molecule has 5 rings (SSSR count). The Labute approximate surface area is 217 Å². The van der Waals surface area contributed by atoms with Gasteiger partial charge in [-0.2, -0.15) is 0 Å². The molecule has 4 aromatic rings. The summed E-state index contributed by atoms with van der Waals surface area (Å²) >= 11 is 0. The van der Waals surface area contributed by atoms with Gasteiger partial charge >= 0.3 is 0 Å². The van der Waals surface area contributed by atoms with Crippen LogP contribution in [0.4, 0.5) is 5.69 Å². The van der Waals surface area contributed by atoms with E-state index in [1.165, 1.54) is 0 Å². The summed E-state index contributed by atoms with van der Waals surface area (Å²) < 4.78 is 1.99. The van der Waals surface area contributed by atoms with Gasteiger partial charge in [-0.3, -0.25) is 4.79 Å². The molecule has 1 amide bonds. The molecule has 0 radical (unpaired) electrons. The largest absolute Gasteiger partial charge is 0.380 e. The number of carbonyl (C=O) groups excluding carboxylic acids is 1. The summed E-state index contributed by atoms with van der Waals surface area (Å²) in [5.41, 5.74) is 3.21. The lowest BCUT2D eigenvalue weighted by Crippen LogP contribution is -2.46. The van der Waals surface area contributed by atoms with Crippen LogP contribution in [0.1, 0.15) is 35.2 Å².